The van der Waals surface area contributed by atoms with Crippen molar-refractivity contribution in [3.63, 3.8) is 0 Å². The molecule has 0 aliphatic carbocycles. The van der Waals surface area contributed by atoms with Gasteiger partial charge in [0.25, 0.3) is 0 Å². The molecule has 3 rings (SSSR count). The number of aromatic nitrogens is 2. The Morgan fingerprint density at radius 1 is 1.15 bits per heavy atom. The number of carbonyl (C=O) groups is 1. The highest BCUT2D eigenvalue weighted by atomic mass is 16.3. The van der Waals surface area contributed by atoms with Gasteiger partial charge in [0.2, 0.25) is 0 Å². The van der Waals surface area contributed by atoms with E-state index < -0.39 is 12.0 Å². The minimum absolute atomic E-state index is 0.0641. The zero-order chi connectivity index (χ0) is 18.5. The normalized spacial score (nSPS) is 13.3. The number of hydrogen-bond acceptors (Lipinski definition) is 3. The molecule has 1 aromatic heterocycles. The van der Waals surface area contributed by atoms with Crippen LogP contribution in [0.1, 0.15) is 36.1 Å². The number of para-hydroxylation sites is 1. The van der Waals surface area contributed by atoms with E-state index in [4.69, 9.17) is 0 Å². The lowest BCUT2D eigenvalue weighted by atomic mass is 9.85. The first-order chi connectivity index (χ1) is 12.6. The highest BCUT2D eigenvalue weighted by Crippen LogP contribution is 2.29. The Morgan fingerprint density at radius 2 is 1.96 bits per heavy atom. The quantitative estimate of drug-likeness (QED) is 0.701. The molecular weight excluding hydrogens is 324 g/mol. The Kier molecular flexibility index (Phi) is 5.64. The number of aliphatic hydroxyl groups excluding tert-OH is 1. The van der Waals surface area contributed by atoms with Gasteiger partial charge in [-0.15, -0.1) is 0 Å². The second-order valence-electron chi connectivity index (χ2n) is 6.57. The molecule has 2 atom stereocenters. The van der Waals surface area contributed by atoms with Crippen LogP contribution in [-0.2, 0) is 11.2 Å². The van der Waals surface area contributed by atoms with Gasteiger partial charge in [-0.1, -0.05) is 55.0 Å². The molecule has 0 saturated heterocycles. The molecule has 0 bridgehead atoms. The number of ketones is 1. The molecular formula is C22H24N2O2. The van der Waals surface area contributed by atoms with Crippen LogP contribution in [0, 0.1) is 12.8 Å². The van der Waals surface area contributed by atoms with Crippen molar-refractivity contribution in [2.24, 2.45) is 5.92 Å². The Balaban J connectivity index is 1.94. The third kappa shape index (κ3) is 3.92. The van der Waals surface area contributed by atoms with E-state index in [-0.39, 0.29) is 5.78 Å². The number of aliphatic hydroxyl groups is 1. The van der Waals surface area contributed by atoms with E-state index in [0.717, 1.165) is 22.4 Å². The highest BCUT2D eigenvalue weighted by molar-refractivity contribution is 5.82. The topological polar surface area (TPSA) is 55.1 Å². The monoisotopic (exact) mass is 348 g/mol. The lowest BCUT2D eigenvalue weighted by Crippen LogP contribution is -2.25. The number of aryl methyl sites for hydroxylation is 1. The van der Waals surface area contributed by atoms with Crippen LogP contribution in [0.2, 0.25) is 0 Å². The van der Waals surface area contributed by atoms with E-state index >= 15 is 0 Å². The van der Waals surface area contributed by atoms with Gasteiger partial charge >= 0.3 is 0 Å². The van der Waals surface area contributed by atoms with E-state index in [9.17, 15) is 9.90 Å². The largest absolute Gasteiger partial charge is 0.388 e. The molecule has 0 unspecified atom stereocenters. The maximum absolute atomic E-state index is 12.6. The predicted octanol–water partition coefficient (Wildman–Crippen LogP) is 4.05. The van der Waals surface area contributed by atoms with Gasteiger partial charge in [0.1, 0.15) is 5.78 Å². The van der Waals surface area contributed by atoms with Crippen LogP contribution in [0.25, 0.3) is 5.69 Å². The minimum Gasteiger partial charge on any atom is -0.388 e. The van der Waals surface area contributed by atoms with Crippen molar-refractivity contribution >= 4 is 5.78 Å². The summed E-state index contributed by atoms with van der Waals surface area (Å²) in [6, 6.07) is 17.5. The number of Topliss-reactive ketones (excluding diaryl/α,β-unsaturated/α-hetero) is 1. The van der Waals surface area contributed by atoms with E-state index in [2.05, 4.69) is 5.10 Å². The summed E-state index contributed by atoms with van der Waals surface area (Å²) < 4.78 is 1.79. The third-order valence-corrected chi connectivity index (χ3v) is 4.71. The maximum Gasteiger partial charge on any atom is 0.138 e. The van der Waals surface area contributed by atoms with Crippen molar-refractivity contribution in [2.45, 2.75) is 32.8 Å². The standard InChI is InChI=1S/C22H24N2O2/c1-3-21(25)19(22(26)18-10-6-8-16(2)14-18)15-17-9-4-5-11-20(17)24-13-7-12-23-24/h4-14,19,22,26H,3,15H2,1-2H3/t19-,22+/m0/s1. The first-order valence-corrected chi connectivity index (χ1v) is 8.95. The molecule has 1 heterocycles. The zero-order valence-corrected chi connectivity index (χ0v) is 15.2. The first-order valence-electron chi connectivity index (χ1n) is 8.95. The molecule has 3 aromatic rings. The van der Waals surface area contributed by atoms with Crippen molar-refractivity contribution < 1.29 is 9.90 Å². The average Bonchev–Trinajstić information content (AvgIpc) is 3.20. The molecule has 4 nitrogen and oxygen atoms in total. The van der Waals surface area contributed by atoms with Crippen molar-refractivity contribution in [3.05, 3.63) is 83.7 Å². The highest BCUT2D eigenvalue weighted by Gasteiger charge is 2.28. The molecule has 0 aliphatic rings. The molecule has 134 valence electrons. The molecule has 0 spiro atoms. The Morgan fingerprint density at radius 3 is 2.65 bits per heavy atom. The van der Waals surface area contributed by atoms with Crippen LogP contribution >= 0.6 is 0 Å². The third-order valence-electron chi connectivity index (χ3n) is 4.71. The Hall–Kier alpha value is -2.72. The van der Waals surface area contributed by atoms with Gasteiger partial charge in [-0.25, -0.2) is 4.68 Å². The number of hydrogen-bond donors (Lipinski definition) is 1. The summed E-state index contributed by atoms with van der Waals surface area (Å²) in [5.41, 5.74) is 3.78. The molecule has 0 radical (unpaired) electrons. The fraction of sp³-hybridized carbons (Fsp3) is 0.273. The van der Waals surface area contributed by atoms with Gasteiger partial charge < -0.3 is 5.11 Å². The van der Waals surface area contributed by atoms with E-state index in [1.165, 1.54) is 0 Å². The lowest BCUT2D eigenvalue weighted by molar-refractivity contribution is -0.126. The minimum atomic E-state index is -0.826. The fourth-order valence-electron chi connectivity index (χ4n) is 3.31. The molecule has 0 fully saturated rings. The SMILES string of the molecule is CCC(=O)[C@H](Cc1ccccc1-n1cccn1)[C@H](O)c1cccc(C)c1. The molecule has 0 amide bonds. The van der Waals surface area contributed by atoms with E-state index in [1.54, 1.807) is 10.9 Å². The summed E-state index contributed by atoms with van der Waals surface area (Å²) in [4.78, 5) is 12.6. The molecule has 0 saturated carbocycles. The van der Waals surface area contributed by atoms with Gasteiger partial charge in [-0.3, -0.25) is 4.79 Å². The summed E-state index contributed by atoms with van der Waals surface area (Å²) in [6.07, 6.45) is 3.66. The van der Waals surface area contributed by atoms with Gasteiger partial charge in [0.05, 0.1) is 17.7 Å². The Bertz CT molecular complexity index is 871. The van der Waals surface area contributed by atoms with Crippen molar-refractivity contribution in [1.82, 2.24) is 9.78 Å². The van der Waals surface area contributed by atoms with E-state index in [0.29, 0.717) is 12.8 Å². The molecule has 0 aliphatic heterocycles. The van der Waals surface area contributed by atoms with Crippen LogP contribution in [0.4, 0.5) is 0 Å². The van der Waals surface area contributed by atoms with Gasteiger partial charge in [0, 0.05) is 18.8 Å². The maximum atomic E-state index is 12.6. The number of nitrogens with zero attached hydrogens (tertiary/aromatic N) is 2. The first kappa shape index (κ1) is 18.1. The van der Waals surface area contributed by atoms with Crippen molar-refractivity contribution in [1.29, 1.82) is 0 Å². The second kappa shape index (κ2) is 8.11. The summed E-state index contributed by atoms with van der Waals surface area (Å²) in [5, 5.41) is 15.2. The van der Waals surface area contributed by atoms with Crippen LogP contribution < -0.4 is 0 Å². The van der Waals surface area contributed by atoms with Gasteiger partial charge in [0.15, 0.2) is 0 Å². The van der Waals surface area contributed by atoms with Crippen LogP contribution in [0.5, 0.6) is 0 Å². The van der Waals surface area contributed by atoms with Crippen LogP contribution in [0.3, 0.4) is 0 Å². The van der Waals surface area contributed by atoms with Crippen molar-refractivity contribution in [3.8, 4) is 5.69 Å². The van der Waals surface area contributed by atoms with Gasteiger partial charge in [-0.2, -0.15) is 5.10 Å². The fourth-order valence-corrected chi connectivity index (χ4v) is 3.31. The van der Waals surface area contributed by atoms with E-state index in [1.807, 2.05) is 74.6 Å². The molecule has 4 heteroatoms. The number of benzene rings is 2. The number of rotatable bonds is 7. The number of carbonyl (C=O) groups excluding carboxylic acids is 1. The molecule has 26 heavy (non-hydrogen) atoms. The van der Waals surface area contributed by atoms with Crippen molar-refractivity contribution in [2.75, 3.05) is 0 Å². The lowest BCUT2D eigenvalue weighted by Gasteiger charge is -2.23. The average molecular weight is 348 g/mol. The van der Waals surface area contributed by atoms with Gasteiger partial charge in [-0.05, 0) is 36.6 Å². The smallest absolute Gasteiger partial charge is 0.138 e. The Labute approximate surface area is 154 Å². The summed E-state index contributed by atoms with van der Waals surface area (Å²) >= 11 is 0. The molecule has 1 N–H and O–H groups in total. The zero-order valence-electron chi connectivity index (χ0n) is 15.2. The summed E-state index contributed by atoms with van der Waals surface area (Å²) in [7, 11) is 0. The second-order valence-corrected chi connectivity index (χ2v) is 6.57. The molecule has 2 aromatic carbocycles. The summed E-state index contributed by atoms with van der Waals surface area (Å²) in [5.74, 6) is -0.423. The predicted molar refractivity (Wildman–Crippen MR) is 102 cm³/mol. The van der Waals surface area contributed by atoms with Crippen LogP contribution in [-0.4, -0.2) is 20.7 Å². The summed E-state index contributed by atoms with van der Waals surface area (Å²) in [6.45, 7) is 3.83. The van der Waals surface area contributed by atoms with Crippen LogP contribution in [0.15, 0.2) is 67.0 Å².